The van der Waals surface area contributed by atoms with E-state index in [4.69, 9.17) is 4.74 Å². The summed E-state index contributed by atoms with van der Waals surface area (Å²) in [4.78, 5) is 18.2. The quantitative estimate of drug-likeness (QED) is 0.853. The minimum atomic E-state index is -0.0313. The van der Waals surface area contributed by atoms with Gasteiger partial charge in [-0.15, -0.1) is 0 Å². The van der Waals surface area contributed by atoms with Crippen LogP contribution in [0.15, 0.2) is 24.5 Å². The maximum absolute atomic E-state index is 11.9. The van der Waals surface area contributed by atoms with Gasteiger partial charge in [0.15, 0.2) is 0 Å². The Morgan fingerprint density at radius 3 is 2.79 bits per heavy atom. The third kappa shape index (κ3) is 4.61. The van der Waals surface area contributed by atoms with Crippen LogP contribution in [-0.2, 0) is 4.74 Å². The second-order valence-corrected chi connectivity index (χ2v) is 4.96. The van der Waals surface area contributed by atoms with Crippen molar-refractivity contribution in [2.45, 2.75) is 6.92 Å². The maximum Gasteiger partial charge on any atom is 0.251 e. The van der Waals surface area contributed by atoms with Crippen LogP contribution in [0.1, 0.15) is 17.3 Å². The number of carbonyl (C=O) groups excluding carboxylic acids is 1. The summed E-state index contributed by atoms with van der Waals surface area (Å²) in [7, 11) is 0. The molecule has 5 nitrogen and oxygen atoms in total. The van der Waals surface area contributed by atoms with Crippen molar-refractivity contribution in [3.05, 3.63) is 30.1 Å². The van der Waals surface area contributed by atoms with Gasteiger partial charge < -0.3 is 10.1 Å². The van der Waals surface area contributed by atoms with Gasteiger partial charge >= 0.3 is 0 Å². The van der Waals surface area contributed by atoms with Gasteiger partial charge in [0, 0.05) is 44.1 Å². The highest BCUT2D eigenvalue weighted by atomic mass is 16.5. The van der Waals surface area contributed by atoms with Gasteiger partial charge in [-0.1, -0.05) is 6.92 Å². The number of hydrogen-bond acceptors (Lipinski definition) is 4. The van der Waals surface area contributed by atoms with Crippen molar-refractivity contribution in [2.24, 2.45) is 5.92 Å². The summed E-state index contributed by atoms with van der Waals surface area (Å²) in [5.74, 6) is 0.403. The molecule has 1 unspecified atom stereocenters. The fourth-order valence-corrected chi connectivity index (χ4v) is 2.16. The van der Waals surface area contributed by atoms with E-state index in [2.05, 4.69) is 22.1 Å². The molecule has 2 heterocycles. The van der Waals surface area contributed by atoms with Crippen LogP contribution in [0.2, 0.25) is 0 Å². The summed E-state index contributed by atoms with van der Waals surface area (Å²) in [6.45, 7) is 7.46. The van der Waals surface area contributed by atoms with Gasteiger partial charge in [0.1, 0.15) is 0 Å². The summed E-state index contributed by atoms with van der Waals surface area (Å²) >= 11 is 0. The fourth-order valence-electron chi connectivity index (χ4n) is 2.16. The van der Waals surface area contributed by atoms with Gasteiger partial charge in [-0.2, -0.15) is 0 Å². The van der Waals surface area contributed by atoms with Crippen molar-refractivity contribution in [2.75, 3.05) is 39.4 Å². The highest BCUT2D eigenvalue weighted by molar-refractivity contribution is 5.93. The number of pyridine rings is 1. The molecule has 1 aliphatic heterocycles. The Morgan fingerprint density at radius 2 is 2.11 bits per heavy atom. The van der Waals surface area contributed by atoms with Crippen molar-refractivity contribution in [3.63, 3.8) is 0 Å². The Morgan fingerprint density at radius 1 is 1.42 bits per heavy atom. The first kappa shape index (κ1) is 14.0. The first-order valence-corrected chi connectivity index (χ1v) is 6.74. The van der Waals surface area contributed by atoms with E-state index in [-0.39, 0.29) is 5.91 Å². The third-order valence-corrected chi connectivity index (χ3v) is 3.23. The lowest BCUT2D eigenvalue weighted by Gasteiger charge is -2.29. The molecular formula is C14H21N3O2. The SMILES string of the molecule is CC(CNC(=O)c1ccncc1)CN1CCOCC1. The van der Waals surface area contributed by atoms with E-state index in [9.17, 15) is 4.79 Å². The second-order valence-electron chi connectivity index (χ2n) is 4.96. The second kappa shape index (κ2) is 7.21. The van der Waals surface area contributed by atoms with Crippen molar-refractivity contribution >= 4 is 5.91 Å². The van der Waals surface area contributed by atoms with E-state index in [0.717, 1.165) is 32.8 Å². The average Bonchev–Trinajstić information content (AvgIpc) is 2.47. The Balaban J connectivity index is 1.71. The average molecular weight is 263 g/mol. The molecule has 0 spiro atoms. The molecule has 0 bridgehead atoms. The summed E-state index contributed by atoms with van der Waals surface area (Å²) in [5.41, 5.74) is 0.661. The number of carbonyl (C=O) groups is 1. The maximum atomic E-state index is 11.9. The Labute approximate surface area is 114 Å². The van der Waals surface area contributed by atoms with Crippen molar-refractivity contribution in [1.82, 2.24) is 15.2 Å². The van der Waals surface area contributed by atoms with Gasteiger partial charge in [-0.25, -0.2) is 0 Å². The number of morpholine rings is 1. The van der Waals surface area contributed by atoms with Gasteiger partial charge in [-0.05, 0) is 18.1 Å². The first-order valence-electron chi connectivity index (χ1n) is 6.74. The molecule has 19 heavy (non-hydrogen) atoms. The van der Waals surface area contributed by atoms with Crippen LogP contribution in [0.5, 0.6) is 0 Å². The molecule has 1 fully saturated rings. The topological polar surface area (TPSA) is 54.5 Å². The Bertz CT molecular complexity index is 391. The monoisotopic (exact) mass is 263 g/mol. The number of ether oxygens (including phenoxy) is 1. The summed E-state index contributed by atoms with van der Waals surface area (Å²) in [6.07, 6.45) is 3.26. The highest BCUT2D eigenvalue weighted by Gasteiger charge is 2.14. The van der Waals surface area contributed by atoms with Crippen LogP contribution in [0.3, 0.4) is 0 Å². The molecule has 0 saturated carbocycles. The van der Waals surface area contributed by atoms with E-state index >= 15 is 0 Å². The van der Waals surface area contributed by atoms with E-state index in [1.165, 1.54) is 0 Å². The molecule has 2 rings (SSSR count). The summed E-state index contributed by atoms with van der Waals surface area (Å²) < 4.78 is 5.32. The molecule has 1 N–H and O–H groups in total. The number of rotatable bonds is 5. The van der Waals surface area contributed by atoms with Crippen LogP contribution in [0.4, 0.5) is 0 Å². The fraction of sp³-hybridized carbons (Fsp3) is 0.571. The third-order valence-electron chi connectivity index (χ3n) is 3.23. The lowest BCUT2D eigenvalue weighted by atomic mass is 10.1. The zero-order chi connectivity index (χ0) is 13.5. The standard InChI is InChI=1S/C14H21N3O2/c1-12(11-17-6-8-19-9-7-17)10-16-14(18)13-2-4-15-5-3-13/h2-5,12H,6-11H2,1H3,(H,16,18). The number of nitrogens with one attached hydrogen (secondary N) is 1. The van der Waals surface area contributed by atoms with E-state index in [1.54, 1.807) is 24.5 Å². The predicted molar refractivity (Wildman–Crippen MR) is 73.0 cm³/mol. The van der Waals surface area contributed by atoms with Crippen molar-refractivity contribution < 1.29 is 9.53 Å². The number of aromatic nitrogens is 1. The molecule has 0 radical (unpaired) electrons. The zero-order valence-electron chi connectivity index (χ0n) is 11.3. The Kier molecular flexibility index (Phi) is 5.30. The summed E-state index contributed by atoms with van der Waals surface area (Å²) in [6, 6.07) is 3.45. The highest BCUT2D eigenvalue weighted by Crippen LogP contribution is 2.03. The lowest BCUT2D eigenvalue weighted by Crippen LogP contribution is -2.41. The van der Waals surface area contributed by atoms with Crippen LogP contribution >= 0.6 is 0 Å². The molecule has 1 atom stereocenters. The van der Waals surface area contributed by atoms with Crippen LogP contribution in [0.25, 0.3) is 0 Å². The van der Waals surface area contributed by atoms with Crippen LogP contribution < -0.4 is 5.32 Å². The number of nitrogens with zero attached hydrogens (tertiary/aromatic N) is 2. The number of hydrogen-bond donors (Lipinski definition) is 1. The molecule has 5 heteroatoms. The molecule has 1 aliphatic rings. The summed E-state index contributed by atoms with van der Waals surface area (Å²) in [5, 5.41) is 2.96. The van der Waals surface area contributed by atoms with Gasteiger partial charge in [0.05, 0.1) is 13.2 Å². The minimum Gasteiger partial charge on any atom is -0.379 e. The smallest absolute Gasteiger partial charge is 0.251 e. The molecule has 0 aliphatic carbocycles. The van der Waals surface area contributed by atoms with Crippen LogP contribution in [-0.4, -0.2) is 55.2 Å². The van der Waals surface area contributed by atoms with E-state index in [1.807, 2.05) is 0 Å². The van der Waals surface area contributed by atoms with E-state index < -0.39 is 0 Å². The molecule has 0 aromatic carbocycles. The van der Waals surface area contributed by atoms with Gasteiger partial charge in [-0.3, -0.25) is 14.7 Å². The number of amides is 1. The molecular weight excluding hydrogens is 242 g/mol. The molecule has 104 valence electrons. The minimum absolute atomic E-state index is 0.0313. The normalized spacial score (nSPS) is 17.9. The first-order chi connectivity index (χ1) is 9.25. The van der Waals surface area contributed by atoms with Crippen molar-refractivity contribution in [1.29, 1.82) is 0 Å². The Hall–Kier alpha value is -1.46. The molecule has 1 saturated heterocycles. The molecule has 1 amide bonds. The van der Waals surface area contributed by atoms with Crippen LogP contribution in [0, 0.1) is 5.92 Å². The largest absolute Gasteiger partial charge is 0.379 e. The predicted octanol–water partition coefficient (Wildman–Crippen LogP) is 0.780. The zero-order valence-corrected chi connectivity index (χ0v) is 11.3. The van der Waals surface area contributed by atoms with Gasteiger partial charge in [0.2, 0.25) is 0 Å². The van der Waals surface area contributed by atoms with Gasteiger partial charge in [0.25, 0.3) is 5.91 Å². The molecule has 1 aromatic rings. The van der Waals surface area contributed by atoms with Crippen molar-refractivity contribution in [3.8, 4) is 0 Å². The molecule has 1 aromatic heterocycles. The van der Waals surface area contributed by atoms with E-state index in [0.29, 0.717) is 18.0 Å². The lowest BCUT2D eigenvalue weighted by molar-refractivity contribution is 0.0317.